The molecule has 10 nitrogen and oxygen atoms in total. The van der Waals surface area contributed by atoms with Crippen LogP contribution in [0, 0.1) is 0 Å². The van der Waals surface area contributed by atoms with Crippen molar-refractivity contribution in [3.8, 4) is 0 Å². The van der Waals surface area contributed by atoms with E-state index in [9.17, 15) is 22.8 Å². The highest BCUT2D eigenvalue weighted by atomic mass is 19.4. The number of piperazine rings is 1. The van der Waals surface area contributed by atoms with Gasteiger partial charge in [0.05, 0.1) is 12.6 Å². The Morgan fingerprint density at radius 2 is 1.88 bits per heavy atom. The minimum absolute atomic E-state index is 0.0627. The van der Waals surface area contributed by atoms with Crippen molar-refractivity contribution < 1.29 is 22.8 Å². The lowest BCUT2D eigenvalue weighted by atomic mass is 10.1. The summed E-state index contributed by atoms with van der Waals surface area (Å²) in [6, 6.07) is 5.93. The number of ketones is 1. The zero-order valence-electron chi connectivity index (χ0n) is 23.1. The van der Waals surface area contributed by atoms with Crippen LogP contribution in [0.1, 0.15) is 42.7 Å². The second kappa shape index (κ2) is 11.0. The molecule has 0 radical (unpaired) electrons. The maximum absolute atomic E-state index is 13.8. The molecule has 1 saturated carbocycles. The van der Waals surface area contributed by atoms with Crippen molar-refractivity contribution in [2.24, 2.45) is 0 Å². The molecule has 13 heteroatoms. The predicted octanol–water partition coefficient (Wildman–Crippen LogP) is 3.75. The van der Waals surface area contributed by atoms with Crippen LogP contribution in [0.25, 0.3) is 0 Å². The number of carbonyl (C=O) groups excluding carboxylic acids is 2. The van der Waals surface area contributed by atoms with Gasteiger partial charge in [0.2, 0.25) is 5.95 Å². The van der Waals surface area contributed by atoms with E-state index >= 15 is 0 Å². The summed E-state index contributed by atoms with van der Waals surface area (Å²) < 4.78 is 41.3. The average molecular weight is 573 g/mol. The molecule has 3 aliphatic heterocycles. The molecule has 6 rings (SSSR count). The molecule has 1 aliphatic carbocycles. The van der Waals surface area contributed by atoms with E-state index in [1.807, 2.05) is 12.1 Å². The van der Waals surface area contributed by atoms with Gasteiger partial charge in [-0.2, -0.15) is 18.2 Å². The van der Waals surface area contributed by atoms with Crippen molar-refractivity contribution in [3.63, 3.8) is 0 Å². The number of anilines is 4. The van der Waals surface area contributed by atoms with E-state index in [0.29, 0.717) is 31.8 Å². The lowest BCUT2D eigenvalue weighted by Crippen LogP contribution is -2.44. The minimum atomic E-state index is -4.62. The lowest BCUT2D eigenvalue weighted by molar-refractivity contribution is -0.137. The molecule has 0 spiro atoms. The van der Waals surface area contributed by atoms with Gasteiger partial charge in [0.1, 0.15) is 11.4 Å². The number of benzene rings is 1. The molecular weight excluding hydrogens is 537 g/mol. The number of nitrogens with zero attached hydrogens (tertiary/aromatic N) is 6. The Balaban J connectivity index is 1.12. The van der Waals surface area contributed by atoms with Crippen LogP contribution >= 0.6 is 0 Å². The zero-order valence-corrected chi connectivity index (χ0v) is 23.1. The van der Waals surface area contributed by atoms with Crippen molar-refractivity contribution >= 4 is 35.0 Å². The fraction of sp³-hybridized carbons (Fsp3) is 0.571. The predicted molar refractivity (Wildman–Crippen MR) is 149 cm³/mol. The highest BCUT2D eigenvalue weighted by Crippen LogP contribution is 2.45. The Morgan fingerprint density at radius 1 is 1.10 bits per heavy atom. The number of hydrogen-bond donors (Lipinski definition) is 2. The van der Waals surface area contributed by atoms with Crippen molar-refractivity contribution in [1.29, 1.82) is 0 Å². The van der Waals surface area contributed by atoms with Gasteiger partial charge >= 0.3 is 12.2 Å². The third-order valence-corrected chi connectivity index (χ3v) is 8.36. The first-order valence-electron chi connectivity index (χ1n) is 14.3. The van der Waals surface area contributed by atoms with Gasteiger partial charge in [0.25, 0.3) is 0 Å². The number of carbonyl (C=O) groups is 2. The fourth-order valence-corrected chi connectivity index (χ4v) is 5.88. The van der Waals surface area contributed by atoms with Crippen LogP contribution in [0.3, 0.4) is 0 Å². The molecule has 41 heavy (non-hydrogen) atoms. The summed E-state index contributed by atoms with van der Waals surface area (Å²) >= 11 is 0. The molecule has 3 saturated heterocycles. The molecule has 1 aromatic heterocycles. The molecule has 4 aliphatic rings. The van der Waals surface area contributed by atoms with Crippen molar-refractivity contribution in [2.75, 3.05) is 74.9 Å². The van der Waals surface area contributed by atoms with Crippen LogP contribution in [0.15, 0.2) is 24.4 Å². The first kappa shape index (κ1) is 27.6. The molecule has 4 heterocycles. The second-order valence-electron chi connectivity index (χ2n) is 11.4. The molecule has 2 amide bonds. The highest BCUT2D eigenvalue weighted by Gasteiger charge is 2.43. The molecule has 2 N–H and O–H groups in total. The van der Waals surface area contributed by atoms with E-state index in [1.165, 1.54) is 0 Å². The Bertz CT molecular complexity index is 1310. The molecule has 0 bridgehead atoms. The third kappa shape index (κ3) is 6.04. The lowest BCUT2D eigenvalue weighted by Gasteiger charge is -2.34. The number of halogens is 3. The average Bonchev–Trinajstić information content (AvgIpc) is 3.66. The number of likely N-dealkylation sites (N-methyl/N-ethyl adjacent to an activating group) is 1. The fourth-order valence-electron chi connectivity index (χ4n) is 5.88. The monoisotopic (exact) mass is 572 g/mol. The first-order valence-corrected chi connectivity index (χ1v) is 14.3. The van der Waals surface area contributed by atoms with Gasteiger partial charge in [0, 0.05) is 69.8 Å². The van der Waals surface area contributed by atoms with Gasteiger partial charge in [-0.1, -0.05) is 0 Å². The number of amides is 2. The van der Waals surface area contributed by atoms with E-state index in [-0.39, 0.29) is 42.7 Å². The number of fused-ring (bicyclic) bond motifs is 1. The summed E-state index contributed by atoms with van der Waals surface area (Å²) in [5, 5.41) is 6.00. The number of alkyl halides is 3. The Kier molecular flexibility index (Phi) is 7.39. The maximum Gasteiger partial charge on any atom is 0.421 e. The van der Waals surface area contributed by atoms with Crippen molar-refractivity contribution in [2.45, 2.75) is 43.8 Å². The van der Waals surface area contributed by atoms with Gasteiger partial charge in [0.15, 0.2) is 5.78 Å². The van der Waals surface area contributed by atoms with Crippen LogP contribution in [-0.4, -0.2) is 102 Å². The van der Waals surface area contributed by atoms with Crippen LogP contribution in [0.4, 0.5) is 41.1 Å². The normalized spacial score (nSPS) is 21.6. The van der Waals surface area contributed by atoms with Gasteiger partial charge < -0.3 is 30.2 Å². The van der Waals surface area contributed by atoms with E-state index < -0.39 is 11.7 Å². The standard InChI is InChI=1S/C28H35F3N8O2/c1-36-9-11-37(12-10-36)19-5-6-24(22(14-19)18-3-4-18)34-26-33-15-23(28(29,30)31)25(35-26)32-7-2-8-38-16-20-13-21(40)17-39(20)27(38)41/h5-6,14-15,18,20H,2-4,7-13,16-17H2,1H3,(H2,32,33,34,35)/t20-/m0/s1. The number of aromatic nitrogens is 2. The largest absolute Gasteiger partial charge is 0.421 e. The summed E-state index contributed by atoms with van der Waals surface area (Å²) in [6.45, 7) is 5.10. The zero-order chi connectivity index (χ0) is 28.7. The molecule has 220 valence electrons. The molecule has 4 fully saturated rings. The number of rotatable bonds is 9. The van der Waals surface area contributed by atoms with E-state index in [2.05, 4.69) is 43.5 Å². The summed E-state index contributed by atoms with van der Waals surface area (Å²) in [6.07, 6.45) is -0.849. The number of nitrogens with one attached hydrogen (secondary N) is 2. The first-order chi connectivity index (χ1) is 19.7. The Morgan fingerprint density at radius 3 is 2.59 bits per heavy atom. The SMILES string of the molecule is CN1CCN(c2ccc(Nc3ncc(C(F)(F)F)c(NCCCN4C[C@@H]5CC(=O)CN5C4=O)n3)c(C3CC3)c2)CC1. The van der Waals surface area contributed by atoms with Crippen molar-refractivity contribution in [3.05, 3.63) is 35.5 Å². The summed E-state index contributed by atoms with van der Waals surface area (Å²) in [7, 11) is 2.12. The van der Waals surface area contributed by atoms with Gasteiger partial charge in [-0.15, -0.1) is 0 Å². The van der Waals surface area contributed by atoms with E-state index in [0.717, 1.165) is 62.2 Å². The van der Waals surface area contributed by atoms with E-state index in [4.69, 9.17) is 0 Å². The van der Waals surface area contributed by atoms with Crippen molar-refractivity contribution in [1.82, 2.24) is 24.7 Å². The molecule has 0 unspecified atom stereocenters. The van der Waals surface area contributed by atoms with Crippen LogP contribution in [-0.2, 0) is 11.0 Å². The minimum Gasteiger partial charge on any atom is -0.369 e. The topological polar surface area (TPSA) is 96.9 Å². The summed E-state index contributed by atoms with van der Waals surface area (Å²) in [5.74, 6) is 0.276. The van der Waals surface area contributed by atoms with Gasteiger partial charge in [-0.05, 0) is 56.0 Å². The summed E-state index contributed by atoms with van der Waals surface area (Å²) in [4.78, 5) is 40.2. The summed E-state index contributed by atoms with van der Waals surface area (Å²) in [5.41, 5.74) is 2.16. The van der Waals surface area contributed by atoms with Crippen LogP contribution in [0.5, 0.6) is 0 Å². The Labute approximate surface area is 236 Å². The molecule has 1 aromatic carbocycles. The van der Waals surface area contributed by atoms with Gasteiger partial charge in [-0.25, -0.2) is 9.78 Å². The third-order valence-electron chi connectivity index (χ3n) is 8.36. The molecule has 1 atom stereocenters. The second-order valence-corrected chi connectivity index (χ2v) is 11.4. The van der Waals surface area contributed by atoms with E-state index in [1.54, 1.807) is 9.80 Å². The quantitative estimate of drug-likeness (QED) is 0.439. The number of urea groups is 1. The smallest absolute Gasteiger partial charge is 0.369 e. The Hall–Kier alpha value is -3.61. The molecule has 2 aromatic rings. The number of Topliss-reactive ketones (excluding diaryl/α,β-unsaturated/α-hetero) is 1. The van der Waals surface area contributed by atoms with Crippen LogP contribution in [0.2, 0.25) is 0 Å². The van der Waals surface area contributed by atoms with Crippen LogP contribution < -0.4 is 15.5 Å². The molecular formula is C28H35F3N8O2. The highest BCUT2D eigenvalue weighted by molar-refractivity contribution is 5.91. The number of hydrogen-bond acceptors (Lipinski definition) is 8. The maximum atomic E-state index is 13.8. The van der Waals surface area contributed by atoms with Gasteiger partial charge in [-0.3, -0.25) is 4.79 Å².